The molecule has 0 saturated heterocycles. The Labute approximate surface area is 156 Å². The molecule has 0 saturated carbocycles. The van der Waals surface area contributed by atoms with Gasteiger partial charge < -0.3 is 15.6 Å². The maximum Gasteiger partial charge on any atom is 0.251 e. The number of carbonyl (C=O) groups is 2. The van der Waals surface area contributed by atoms with Crippen molar-refractivity contribution in [2.24, 2.45) is 0 Å². The number of nitrogens with zero attached hydrogens (tertiary/aromatic N) is 2. The van der Waals surface area contributed by atoms with Gasteiger partial charge in [-0.2, -0.15) is 0 Å². The third kappa shape index (κ3) is 4.67. The van der Waals surface area contributed by atoms with E-state index in [2.05, 4.69) is 25.6 Å². The van der Waals surface area contributed by atoms with Crippen molar-refractivity contribution in [2.75, 3.05) is 18.1 Å². The second-order valence-electron chi connectivity index (χ2n) is 5.22. The second-order valence-corrected chi connectivity index (χ2v) is 7.21. The van der Waals surface area contributed by atoms with Crippen molar-refractivity contribution in [2.45, 2.75) is 11.6 Å². The average Bonchev–Trinajstić information content (AvgIpc) is 3.01. The summed E-state index contributed by atoms with van der Waals surface area (Å²) in [6.45, 7) is 0. The van der Waals surface area contributed by atoms with Crippen LogP contribution in [0.4, 0.5) is 5.13 Å². The van der Waals surface area contributed by atoms with Crippen LogP contribution >= 0.6 is 23.1 Å². The minimum Gasteiger partial charge on any atom is -0.359 e. The summed E-state index contributed by atoms with van der Waals surface area (Å²) >= 11 is 2.48. The van der Waals surface area contributed by atoms with Gasteiger partial charge in [-0.1, -0.05) is 35.2 Å². The van der Waals surface area contributed by atoms with Crippen molar-refractivity contribution in [3.8, 4) is 0 Å². The zero-order chi connectivity index (χ0) is 18.5. The number of hydrogen-bond donors (Lipinski definition) is 3. The number of H-pyrrole nitrogens is 1. The number of carbonyl (C=O) groups excluding carboxylic acids is 2. The molecule has 0 aliphatic rings. The van der Waals surface area contributed by atoms with Crippen LogP contribution in [0.1, 0.15) is 5.69 Å². The number of thiazole rings is 1. The zero-order valence-electron chi connectivity index (χ0n) is 13.7. The van der Waals surface area contributed by atoms with E-state index in [4.69, 9.17) is 0 Å². The molecule has 0 unspecified atom stereocenters. The van der Waals surface area contributed by atoms with Gasteiger partial charge in [0, 0.05) is 13.1 Å². The Bertz CT molecular complexity index is 981. The molecule has 0 fully saturated rings. The SMILES string of the molecule is CNC(=O)Cc1cc(=O)[nH]c(SCC(=O)Nc2nc3ccccc3s2)n1. The predicted molar refractivity (Wildman–Crippen MR) is 102 cm³/mol. The number of amides is 2. The Morgan fingerprint density at radius 3 is 2.81 bits per heavy atom. The lowest BCUT2D eigenvalue weighted by Crippen LogP contribution is -2.22. The number of anilines is 1. The number of rotatable bonds is 6. The molecule has 2 aromatic heterocycles. The zero-order valence-corrected chi connectivity index (χ0v) is 15.4. The molecule has 2 heterocycles. The van der Waals surface area contributed by atoms with E-state index in [-0.39, 0.29) is 34.7 Å². The lowest BCUT2D eigenvalue weighted by molar-refractivity contribution is -0.120. The second kappa shape index (κ2) is 8.11. The first kappa shape index (κ1) is 18.1. The largest absolute Gasteiger partial charge is 0.359 e. The monoisotopic (exact) mass is 389 g/mol. The topological polar surface area (TPSA) is 117 Å². The number of aromatic amines is 1. The summed E-state index contributed by atoms with van der Waals surface area (Å²) in [5.41, 5.74) is 0.809. The standard InChI is InChI=1S/C16H15N5O3S2/c1-17-12(22)6-9-7-13(23)20-15(18-9)25-8-14(24)21-16-19-10-4-2-3-5-11(10)26-16/h2-5,7H,6,8H2,1H3,(H,17,22)(H,18,20,23)(H,19,21,24). The summed E-state index contributed by atoms with van der Waals surface area (Å²) in [4.78, 5) is 46.3. The fourth-order valence-electron chi connectivity index (χ4n) is 2.11. The molecule has 0 aliphatic heterocycles. The molecule has 26 heavy (non-hydrogen) atoms. The van der Waals surface area contributed by atoms with Gasteiger partial charge in [-0.3, -0.25) is 14.4 Å². The van der Waals surface area contributed by atoms with E-state index in [1.54, 1.807) is 0 Å². The van der Waals surface area contributed by atoms with Crippen molar-refractivity contribution in [1.29, 1.82) is 0 Å². The van der Waals surface area contributed by atoms with E-state index in [1.165, 1.54) is 24.5 Å². The summed E-state index contributed by atoms with van der Waals surface area (Å²) in [7, 11) is 1.51. The van der Waals surface area contributed by atoms with E-state index in [9.17, 15) is 14.4 Å². The van der Waals surface area contributed by atoms with Gasteiger partial charge in [-0.25, -0.2) is 9.97 Å². The van der Waals surface area contributed by atoms with Crippen LogP contribution in [0.2, 0.25) is 0 Å². The number of nitrogens with one attached hydrogen (secondary N) is 3. The Hall–Kier alpha value is -2.72. The van der Waals surface area contributed by atoms with Gasteiger partial charge in [-0.15, -0.1) is 0 Å². The molecule has 0 atom stereocenters. The number of thioether (sulfide) groups is 1. The van der Waals surface area contributed by atoms with Crippen LogP contribution in [0.15, 0.2) is 40.3 Å². The van der Waals surface area contributed by atoms with E-state index >= 15 is 0 Å². The highest BCUT2D eigenvalue weighted by Gasteiger charge is 2.11. The maximum absolute atomic E-state index is 12.1. The highest BCUT2D eigenvalue weighted by Crippen LogP contribution is 2.25. The van der Waals surface area contributed by atoms with Crippen LogP contribution in [0, 0.1) is 0 Å². The van der Waals surface area contributed by atoms with Gasteiger partial charge in [0.25, 0.3) is 5.56 Å². The van der Waals surface area contributed by atoms with Gasteiger partial charge in [-0.05, 0) is 12.1 Å². The molecule has 3 rings (SSSR count). The third-order valence-electron chi connectivity index (χ3n) is 3.27. The lowest BCUT2D eigenvalue weighted by Gasteiger charge is -2.04. The quantitative estimate of drug-likeness (QED) is 0.433. The van der Waals surface area contributed by atoms with E-state index in [0.29, 0.717) is 10.8 Å². The lowest BCUT2D eigenvalue weighted by atomic mass is 10.3. The average molecular weight is 389 g/mol. The summed E-state index contributed by atoms with van der Waals surface area (Å²) in [5, 5.41) is 6.02. The molecule has 134 valence electrons. The molecule has 1 aromatic carbocycles. The van der Waals surface area contributed by atoms with Crippen molar-refractivity contribution < 1.29 is 9.59 Å². The van der Waals surface area contributed by atoms with Crippen LogP contribution in [0.25, 0.3) is 10.2 Å². The Balaban J connectivity index is 1.62. The first-order valence-corrected chi connectivity index (χ1v) is 9.43. The van der Waals surface area contributed by atoms with Gasteiger partial charge in [0.1, 0.15) is 0 Å². The van der Waals surface area contributed by atoms with Gasteiger partial charge in [0.05, 0.1) is 28.1 Å². The normalized spacial score (nSPS) is 10.7. The van der Waals surface area contributed by atoms with Gasteiger partial charge >= 0.3 is 0 Å². The van der Waals surface area contributed by atoms with Gasteiger partial charge in [0.15, 0.2) is 10.3 Å². The smallest absolute Gasteiger partial charge is 0.251 e. The number of fused-ring (bicyclic) bond motifs is 1. The Kier molecular flexibility index (Phi) is 5.64. The fraction of sp³-hybridized carbons (Fsp3) is 0.188. The molecule has 10 heteroatoms. The molecule has 2 amide bonds. The first-order chi connectivity index (χ1) is 12.5. The van der Waals surface area contributed by atoms with E-state index < -0.39 is 0 Å². The summed E-state index contributed by atoms with van der Waals surface area (Å²) in [6.07, 6.45) is 0.00583. The first-order valence-electron chi connectivity index (χ1n) is 7.62. The van der Waals surface area contributed by atoms with Crippen LogP contribution in [0.5, 0.6) is 0 Å². The molecule has 3 aromatic rings. The maximum atomic E-state index is 12.1. The number of benzene rings is 1. The van der Waals surface area contributed by atoms with Crippen molar-refractivity contribution in [3.63, 3.8) is 0 Å². The molecule has 0 aliphatic carbocycles. The molecule has 0 radical (unpaired) electrons. The summed E-state index contributed by atoms with van der Waals surface area (Å²) in [5.74, 6) is -0.441. The highest BCUT2D eigenvalue weighted by atomic mass is 32.2. The highest BCUT2D eigenvalue weighted by molar-refractivity contribution is 7.99. The number of hydrogen-bond acceptors (Lipinski definition) is 7. The number of likely N-dealkylation sites (N-methyl/N-ethyl adjacent to an activating group) is 1. The molecule has 0 spiro atoms. The molecule has 0 bridgehead atoms. The van der Waals surface area contributed by atoms with E-state index in [1.807, 2.05) is 24.3 Å². The summed E-state index contributed by atoms with van der Waals surface area (Å²) in [6, 6.07) is 8.88. The number of aromatic nitrogens is 3. The van der Waals surface area contributed by atoms with Crippen LogP contribution < -0.4 is 16.2 Å². The minimum absolute atomic E-state index is 0.00583. The fourth-order valence-corrected chi connectivity index (χ4v) is 3.69. The van der Waals surface area contributed by atoms with Crippen molar-refractivity contribution in [3.05, 3.63) is 46.4 Å². The van der Waals surface area contributed by atoms with Crippen molar-refractivity contribution in [1.82, 2.24) is 20.3 Å². The third-order valence-corrected chi connectivity index (χ3v) is 5.10. The predicted octanol–water partition coefficient (Wildman–Crippen LogP) is 1.40. The Morgan fingerprint density at radius 1 is 1.23 bits per heavy atom. The van der Waals surface area contributed by atoms with Crippen LogP contribution in [-0.4, -0.2) is 39.6 Å². The van der Waals surface area contributed by atoms with Crippen molar-refractivity contribution >= 4 is 50.3 Å². The molecular formula is C16H15N5O3S2. The Morgan fingerprint density at radius 2 is 2.04 bits per heavy atom. The minimum atomic E-state index is -0.368. The number of para-hydroxylation sites is 1. The van der Waals surface area contributed by atoms with Crippen LogP contribution in [0.3, 0.4) is 0 Å². The van der Waals surface area contributed by atoms with Crippen LogP contribution in [-0.2, 0) is 16.0 Å². The van der Waals surface area contributed by atoms with Gasteiger partial charge in [0.2, 0.25) is 11.8 Å². The molecule has 8 nitrogen and oxygen atoms in total. The van der Waals surface area contributed by atoms with E-state index in [0.717, 1.165) is 22.0 Å². The molecule has 3 N–H and O–H groups in total. The molecular weight excluding hydrogens is 374 g/mol. The summed E-state index contributed by atoms with van der Waals surface area (Å²) < 4.78 is 0.989.